The first-order valence-electron chi connectivity index (χ1n) is 8.48. The van der Waals surface area contributed by atoms with Crippen LogP contribution in [0.1, 0.15) is 64.2 Å². The Hall–Kier alpha value is -1.18. The minimum absolute atomic E-state index is 0.760. The maximum atomic E-state index is 5.87. The highest BCUT2D eigenvalue weighted by Gasteiger charge is 2.28. The predicted octanol–water partition coefficient (Wildman–Crippen LogP) is 4.74. The minimum Gasteiger partial charge on any atom is -0.399 e. The van der Waals surface area contributed by atoms with E-state index in [0.29, 0.717) is 0 Å². The van der Waals surface area contributed by atoms with Crippen LogP contribution in [-0.2, 0) is 0 Å². The van der Waals surface area contributed by atoms with Crippen LogP contribution in [-0.4, -0.2) is 12.1 Å². The van der Waals surface area contributed by atoms with Gasteiger partial charge in [0.15, 0.2) is 0 Å². The normalized spacial score (nSPS) is 21.8. The molecule has 0 heterocycles. The predicted molar refractivity (Wildman–Crippen MR) is 87.1 cm³/mol. The third-order valence-electron chi connectivity index (χ3n) is 5.13. The summed E-state index contributed by atoms with van der Waals surface area (Å²) < 4.78 is 0. The topological polar surface area (TPSA) is 29.3 Å². The van der Waals surface area contributed by atoms with Crippen molar-refractivity contribution in [2.75, 3.05) is 10.6 Å². The van der Waals surface area contributed by atoms with Crippen LogP contribution < -0.4 is 10.6 Å². The van der Waals surface area contributed by atoms with Crippen molar-refractivity contribution in [1.29, 1.82) is 0 Å². The van der Waals surface area contributed by atoms with Gasteiger partial charge in [-0.2, -0.15) is 0 Å². The molecule has 0 aromatic heterocycles. The summed E-state index contributed by atoms with van der Waals surface area (Å²) in [6.07, 6.45) is 14.0. The zero-order valence-corrected chi connectivity index (χ0v) is 12.6. The fourth-order valence-electron chi connectivity index (χ4n) is 4.08. The van der Waals surface area contributed by atoms with E-state index < -0.39 is 0 Å². The Labute approximate surface area is 123 Å². The number of nitrogen functional groups attached to an aromatic ring is 1. The fourth-order valence-corrected chi connectivity index (χ4v) is 4.08. The van der Waals surface area contributed by atoms with E-state index in [9.17, 15) is 0 Å². The zero-order valence-electron chi connectivity index (χ0n) is 12.6. The monoisotopic (exact) mass is 272 g/mol. The van der Waals surface area contributed by atoms with Crippen LogP contribution >= 0.6 is 0 Å². The van der Waals surface area contributed by atoms with Crippen LogP contribution in [0.2, 0.25) is 0 Å². The molecule has 0 aliphatic heterocycles. The quantitative estimate of drug-likeness (QED) is 0.805. The van der Waals surface area contributed by atoms with Crippen molar-refractivity contribution in [3.05, 3.63) is 24.3 Å². The van der Waals surface area contributed by atoms with Gasteiger partial charge in [0.05, 0.1) is 0 Å². The van der Waals surface area contributed by atoms with Gasteiger partial charge < -0.3 is 10.6 Å². The second-order valence-electron chi connectivity index (χ2n) is 6.58. The molecule has 0 bridgehead atoms. The molecule has 2 saturated carbocycles. The lowest BCUT2D eigenvalue weighted by molar-refractivity contribution is 0.340. The van der Waals surface area contributed by atoms with Gasteiger partial charge in [0.2, 0.25) is 0 Å². The van der Waals surface area contributed by atoms with Gasteiger partial charge in [-0.05, 0) is 49.9 Å². The van der Waals surface area contributed by atoms with Crippen LogP contribution in [0.3, 0.4) is 0 Å². The summed E-state index contributed by atoms with van der Waals surface area (Å²) in [5, 5.41) is 0. The van der Waals surface area contributed by atoms with Gasteiger partial charge in [-0.25, -0.2) is 0 Å². The van der Waals surface area contributed by atoms with Gasteiger partial charge in [-0.3, -0.25) is 0 Å². The van der Waals surface area contributed by atoms with Crippen LogP contribution in [0.5, 0.6) is 0 Å². The summed E-state index contributed by atoms with van der Waals surface area (Å²) in [4.78, 5) is 2.76. The van der Waals surface area contributed by atoms with Gasteiger partial charge >= 0.3 is 0 Å². The van der Waals surface area contributed by atoms with E-state index in [1.807, 2.05) is 0 Å². The Morgan fingerprint density at radius 3 is 1.60 bits per heavy atom. The highest BCUT2D eigenvalue weighted by molar-refractivity contribution is 5.54. The average Bonchev–Trinajstić information content (AvgIpc) is 2.52. The van der Waals surface area contributed by atoms with E-state index in [1.54, 1.807) is 0 Å². The van der Waals surface area contributed by atoms with E-state index in [4.69, 9.17) is 5.73 Å². The molecule has 1 aromatic rings. The van der Waals surface area contributed by atoms with Crippen molar-refractivity contribution in [1.82, 2.24) is 0 Å². The maximum absolute atomic E-state index is 5.87. The zero-order chi connectivity index (χ0) is 13.8. The lowest BCUT2D eigenvalue weighted by atomic mass is 9.88. The van der Waals surface area contributed by atoms with Gasteiger partial charge in [0, 0.05) is 23.5 Å². The number of hydrogen-bond donors (Lipinski definition) is 1. The molecule has 0 unspecified atom stereocenters. The molecule has 20 heavy (non-hydrogen) atoms. The Morgan fingerprint density at radius 2 is 1.15 bits per heavy atom. The van der Waals surface area contributed by atoms with E-state index in [1.165, 1.54) is 69.9 Å². The molecule has 0 amide bonds. The van der Waals surface area contributed by atoms with Crippen molar-refractivity contribution in [2.24, 2.45) is 0 Å². The first-order valence-corrected chi connectivity index (χ1v) is 8.48. The third-order valence-corrected chi connectivity index (χ3v) is 5.13. The first-order chi connectivity index (χ1) is 9.84. The molecule has 2 N–H and O–H groups in total. The third kappa shape index (κ3) is 3.11. The van der Waals surface area contributed by atoms with Crippen LogP contribution in [0.4, 0.5) is 11.4 Å². The highest BCUT2D eigenvalue weighted by Crippen LogP contribution is 2.34. The van der Waals surface area contributed by atoms with Crippen LogP contribution in [0.25, 0.3) is 0 Å². The van der Waals surface area contributed by atoms with Gasteiger partial charge in [0.1, 0.15) is 0 Å². The summed E-state index contributed by atoms with van der Waals surface area (Å²) in [5.74, 6) is 0. The number of nitrogens with two attached hydrogens (primary N) is 1. The molecular weight excluding hydrogens is 244 g/mol. The number of hydrogen-bond acceptors (Lipinski definition) is 2. The number of rotatable bonds is 3. The number of nitrogens with zero attached hydrogens (tertiary/aromatic N) is 1. The van der Waals surface area contributed by atoms with Crippen molar-refractivity contribution >= 4 is 11.4 Å². The van der Waals surface area contributed by atoms with Crippen molar-refractivity contribution in [3.63, 3.8) is 0 Å². The van der Waals surface area contributed by atoms with Crippen molar-refractivity contribution in [3.8, 4) is 0 Å². The molecule has 0 radical (unpaired) electrons. The van der Waals surface area contributed by atoms with E-state index in [-0.39, 0.29) is 0 Å². The molecule has 0 atom stereocenters. The lowest BCUT2D eigenvalue weighted by Gasteiger charge is -2.43. The number of benzene rings is 1. The lowest BCUT2D eigenvalue weighted by Crippen LogP contribution is -2.45. The summed E-state index contributed by atoms with van der Waals surface area (Å²) in [6.45, 7) is 0. The molecule has 1 aromatic carbocycles. The van der Waals surface area contributed by atoms with Crippen molar-refractivity contribution in [2.45, 2.75) is 76.3 Å². The first kappa shape index (κ1) is 13.8. The van der Waals surface area contributed by atoms with Crippen molar-refractivity contribution < 1.29 is 0 Å². The minimum atomic E-state index is 0.760. The molecule has 0 saturated heterocycles. The smallest absolute Gasteiger partial charge is 0.0372 e. The van der Waals surface area contributed by atoms with E-state index in [0.717, 1.165) is 17.8 Å². The summed E-state index contributed by atoms with van der Waals surface area (Å²) in [6, 6.07) is 10.1. The molecule has 3 rings (SSSR count). The second-order valence-corrected chi connectivity index (χ2v) is 6.58. The largest absolute Gasteiger partial charge is 0.399 e. The van der Waals surface area contributed by atoms with Gasteiger partial charge in [-0.1, -0.05) is 38.5 Å². The molecule has 2 aliphatic rings. The summed E-state index contributed by atoms with van der Waals surface area (Å²) in [5.41, 5.74) is 8.14. The second kappa shape index (κ2) is 6.51. The van der Waals surface area contributed by atoms with Crippen LogP contribution in [0, 0.1) is 0 Å². The van der Waals surface area contributed by atoms with E-state index in [2.05, 4.69) is 29.2 Å². The molecule has 2 nitrogen and oxygen atoms in total. The maximum Gasteiger partial charge on any atom is 0.0372 e. The Bertz CT molecular complexity index is 382. The molecule has 0 spiro atoms. The Balaban J connectivity index is 1.83. The molecule has 2 fully saturated rings. The van der Waals surface area contributed by atoms with Gasteiger partial charge in [0.25, 0.3) is 0 Å². The molecular formula is C18H28N2. The Kier molecular flexibility index (Phi) is 4.49. The summed E-state index contributed by atoms with van der Waals surface area (Å²) in [7, 11) is 0. The fraction of sp³-hybridized carbons (Fsp3) is 0.667. The average molecular weight is 272 g/mol. The highest BCUT2D eigenvalue weighted by atomic mass is 15.2. The van der Waals surface area contributed by atoms with Crippen LogP contribution in [0.15, 0.2) is 24.3 Å². The molecule has 2 heteroatoms. The molecule has 2 aliphatic carbocycles. The van der Waals surface area contributed by atoms with Gasteiger partial charge in [-0.15, -0.1) is 0 Å². The number of anilines is 2. The Morgan fingerprint density at radius 1 is 0.700 bits per heavy atom. The van der Waals surface area contributed by atoms with E-state index >= 15 is 0 Å². The standard InChI is InChI=1S/C18H28N2/c19-15-11-13-18(14-12-15)20(16-7-3-1-4-8-16)17-9-5-2-6-10-17/h11-14,16-17H,1-10,19H2. The molecule has 110 valence electrons. The summed E-state index contributed by atoms with van der Waals surface area (Å²) >= 11 is 0. The SMILES string of the molecule is Nc1ccc(N(C2CCCCC2)C2CCCCC2)cc1.